The van der Waals surface area contributed by atoms with Gasteiger partial charge in [-0.1, -0.05) is 57.2 Å². The van der Waals surface area contributed by atoms with Gasteiger partial charge in [-0.15, -0.1) is 0 Å². The summed E-state index contributed by atoms with van der Waals surface area (Å²) in [5.41, 5.74) is 11.5. The van der Waals surface area contributed by atoms with Crippen LogP contribution in [0.2, 0.25) is 0 Å². The summed E-state index contributed by atoms with van der Waals surface area (Å²) < 4.78 is 105. The molecule has 72 heavy (non-hydrogen) atoms. The van der Waals surface area contributed by atoms with E-state index >= 15 is 0 Å². The summed E-state index contributed by atoms with van der Waals surface area (Å²) in [7, 11) is 0. The summed E-state index contributed by atoms with van der Waals surface area (Å²) in [6.07, 6.45) is 6.23. The number of rotatable bonds is 8. The molecule has 3 aromatic heterocycles. The Morgan fingerprint density at radius 3 is 2.06 bits per heavy atom. The fourth-order valence-corrected chi connectivity index (χ4v) is 12.8. The summed E-state index contributed by atoms with van der Waals surface area (Å²) in [6, 6.07) is 38.2. The van der Waals surface area contributed by atoms with Gasteiger partial charge in [0, 0.05) is 11.8 Å². The molecule has 6 heteroatoms. The van der Waals surface area contributed by atoms with Gasteiger partial charge in [0.25, 0.3) is 0 Å². The van der Waals surface area contributed by atoms with Crippen LogP contribution >= 0.6 is 0 Å². The van der Waals surface area contributed by atoms with Gasteiger partial charge >= 0.3 is 351 Å². The van der Waals surface area contributed by atoms with Crippen LogP contribution in [0.5, 0.6) is 11.5 Å². The number of aromatic nitrogens is 4. The van der Waals surface area contributed by atoms with Gasteiger partial charge < -0.3 is 0 Å². The number of ether oxygens (including phenoxy) is 1. The van der Waals surface area contributed by atoms with Crippen molar-refractivity contribution in [3.63, 3.8) is 0 Å². The molecule has 0 saturated heterocycles. The summed E-state index contributed by atoms with van der Waals surface area (Å²) in [6.45, 7) is 8.78. The van der Waals surface area contributed by atoms with Crippen LogP contribution in [-0.4, -0.2) is 18.7 Å². The molecule has 8 aromatic carbocycles. The zero-order valence-corrected chi connectivity index (χ0v) is 42.7. The number of para-hydroxylation sites is 3. The number of hydrogen-bond acceptors (Lipinski definition) is 2. The van der Waals surface area contributed by atoms with Crippen LogP contribution in [0.4, 0.5) is 0 Å². The Morgan fingerprint density at radius 1 is 0.611 bits per heavy atom. The molecule has 0 spiro atoms. The van der Waals surface area contributed by atoms with E-state index in [1.165, 1.54) is 5.56 Å². The number of fused-ring (bicyclic) bond motifs is 7. The normalized spacial score (nSPS) is 17.5. The molecule has 5 nitrogen and oxygen atoms in total. The van der Waals surface area contributed by atoms with Gasteiger partial charge in [0.1, 0.15) is 0 Å². The molecule has 0 radical (unpaired) electrons. The average Bonchev–Trinajstić information content (AvgIpc) is 3.10. The van der Waals surface area contributed by atoms with E-state index in [2.05, 4.69) is 105 Å². The van der Waals surface area contributed by atoms with E-state index in [0.29, 0.717) is 50.0 Å². The minimum absolute atomic E-state index is 0.000415. The number of nitrogens with zero attached hydrogens (tertiary/aromatic N) is 4. The van der Waals surface area contributed by atoms with Crippen molar-refractivity contribution in [2.24, 2.45) is 5.92 Å². The van der Waals surface area contributed by atoms with Crippen molar-refractivity contribution in [1.29, 1.82) is 0 Å². The second-order valence-electron chi connectivity index (χ2n) is 20.3. The topological polar surface area (TPSA) is 36.9 Å². The Kier molecular flexibility index (Phi) is 8.61. The first-order valence-electron chi connectivity index (χ1n) is 29.7. The molecule has 1 saturated carbocycles. The summed E-state index contributed by atoms with van der Waals surface area (Å²) >= 11 is 2.25. The number of imidazole rings is 1. The van der Waals surface area contributed by atoms with Crippen LogP contribution in [0.25, 0.3) is 83.4 Å². The number of aryl methyl sites for hydroxylation is 1. The van der Waals surface area contributed by atoms with Crippen LogP contribution in [0, 0.1) is 16.6 Å². The second-order valence-corrected chi connectivity index (χ2v) is 21.3. The molecule has 11 aromatic rings. The molecule has 2 aliphatic carbocycles. The van der Waals surface area contributed by atoms with Crippen LogP contribution in [-0.2, 0) is 31.2 Å². The van der Waals surface area contributed by atoms with Crippen molar-refractivity contribution < 1.29 is 37.8 Å². The number of hydrogen-bond donors (Lipinski definition) is 0. The quantitative estimate of drug-likeness (QED) is 0.152. The molecule has 0 amide bonds. The zero-order valence-electron chi connectivity index (χ0n) is 50.4. The first kappa shape index (κ1) is 34.9. The van der Waals surface area contributed by atoms with E-state index < -0.39 is 48.3 Å². The predicted octanol–water partition coefficient (Wildman–Crippen LogP) is 17.2. The molecule has 2 aliphatic rings. The van der Waals surface area contributed by atoms with E-state index in [1.807, 2.05) is 89.6 Å². The van der Waals surface area contributed by atoms with Crippen LogP contribution in [0.3, 0.4) is 0 Å². The Bertz CT molecular complexity index is 4520. The molecule has 0 aliphatic heterocycles. The van der Waals surface area contributed by atoms with E-state index in [1.54, 1.807) is 0 Å². The zero-order chi connectivity index (χ0) is 57.4. The van der Waals surface area contributed by atoms with Crippen molar-refractivity contribution in [2.75, 3.05) is 0 Å². The third kappa shape index (κ3) is 7.55. The fraction of sp³-hybridized carbons (Fsp3) is 0.182. The third-order valence-corrected chi connectivity index (χ3v) is 16.1. The van der Waals surface area contributed by atoms with Crippen LogP contribution in [0.1, 0.15) is 88.3 Å². The Balaban J connectivity index is 0.985. The van der Waals surface area contributed by atoms with E-state index in [0.717, 1.165) is 92.3 Å². The van der Waals surface area contributed by atoms with E-state index in [9.17, 15) is 5.48 Å². The summed E-state index contributed by atoms with van der Waals surface area (Å²) in [5, 5.41) is 2.13. The Hall–Kier alpha value is -7.33. The maximum atomic E-state index is 9.55. The van der Waals surface area contributed by atoms with Crippen molar-refractivity contribution in [1.82, 2.24) is 18.7 Å². The van der Waals surface area contributed by atoms with Gasteiger partial charge in [-0.3, -0.25) is 0 Å². The SMILES string of the molecule is [2H]c1c([2H])c([2H])c(-c2cc3c(c(-c4c([2H])c([2H])c([2H])c([2H])c4[2H])c2-n2[c](=[Pt])n(-c4cccc(Oc5ccc6c7ccccc7n(-c7cc(C)c(-c8ccc(C(C)(C)C)cc8)cn7)c6c5)c4)c4ccccc42)CCC2CCCC32)c([2H])c1[2H]. The molecular formula is C66H56N4OPt. The summed E-state index contributed by atoms with van der Waals surface area (Å²) in [4.78, 5) is 5.09. The van der Waals surface area contributed by atoms with Gasteiger partial charge in [0.15, 0.2) is 0 Å². The number of pyridine rings is 1. The molecule has 2 unspecified atom stereocenters. The van der Waals surface area contributed by atoms with Crippen molar-refractivity contribution in [2.45, 2.75) is 71.1 Å². The molecule has 0 bridgehead atoms. The van der Waals surface area contributed by atoms with Gasteiger partial charge in [0.05, 0.1) is 0 Å². The van der Waals surface area contributed by atoms with E-state index in [4.69, 9.17) is 17.9 Å². The second kappa shape index (κ2) is 17.8. The molecular weight excluding hydrogens is 1060 g/mol. The van der Waals surface area contributed by atoms with E-state index in [-0.39, 0.29) is 34.5 Å². The fourth-order valence-electron chi connectivity index (χ4n) is 11.7. The van der Waals surface area contributed by atoms with Gasteiger partial charge in [-0.2, -0.15) is 0 Å². The van der Waals surface area contributed by atoms with Crippen LogP contribution < -0.4 is 4.74 Å². The minimum atomic E-state index is -0.529. The molecule has 0 N–H and O–H groups in total. The molecule has 356 valence electrons. The van der Waals surface area contributed by atoms with Gasteiger partial charge in [0.2, 0.25) is 0 Å². The first-order chi connectivity index (χ1) is 39.3. The molecule has 3 heterocycles. The van der Waals surface area contributed by atoms with Gasteiger partial charge in [-0.25, -0.2) is 0 Å². The van der Waals surface area contributed by atoms with Crippen molar-refractivity contribution in [3.05, 3.63) is 220 Å². The first-order valence-corrected chi connectivity index (χ1v) is 25.9. The molecule has 13 rings (SSSR count). The third-order valence-electron chi connectivity index (χ3n) is 15.1. The van der Waals surface area contributed by atoms with Crippen molar-refractivity contribution in [3.8, 4) is 62.1 Å². The molecule has 2 atom stereocenters. The predicted molar refractivity (Wildman–Crippen MR) is 293 cm³/mol. The van der Waals surface area contributed by atoms with Crippen LogP contribution in [0.15, 0.2) is 194 Å². The molecule has 1 fully saturated rings. The maximum absolute atomic E-state index is 9.55. The standard InChI is InChI=1S/C66H56N4O.Pt/c1-43-37-63(67-41-58(43)46-29-32-48(33-30-46)66(2,3)4)70-59-26-12-11-24-53(59)54-36-34-51(39-62(54)70)71-50-23-16-22-49(38-50)68-42-69(61-28-14-13-27-60(61)68)65-56(44-17-7-5-8-18-44)40-57-52-25-15-21-45(52)31-35-55(57)64(65)47-19-9-6-10-20-47;/h5-14,16-20,22-24,26-30,32-34,36-41,45,52H,15,21,25,31,35H2,1-4H3;/i5D,6D,7D,8D,9D,10D,17D,18D,19D,20D;. The van der Waals surface area contributed by atoms with Crippen molar-refractivity contribution >= 4 is 32.8 Å². The Morgan fingerprint density at radius 2 is 1.31 bits per heavy atom. The Labute approximate surface area is 446 Å². The average molecular weight is 1130 g/mol. The number of benzene rings is 8. The summed E-state index contributed by atoms with van der Waals surface area (Å²) in [5.74, 6) is 2.35. The van der Waals surface area contributed by atoms with Gasteiger partial charge in [-0.05, 0) is 29.0 Å². The monoisotopic (exact) mass is 1130 g/mol.